The Morgan fingerprint density at radius 3 is 2.21 bits per heavy atom. The zero-order chi connectivity index (χ0) is 23.6. The number of nitrogens with zero attached hydrogens (tertiary/aromatic N) is 1. The Kier molecular flexibility index (Phi) is 8.78. The molecule has 0 aliphatic heterocycles. The van der Waals surface area contributed by atoms with Crippen LogP contribution in [0, 0.1) is 0 Å². The molecule has 0 aliphatic rings. The minimum absolute atomic E-state index is 0.523. The number of benzene rings is 3. The summed E-state index contributed by atoms with van der Waals surface area (Å²) in [5.41, 5.74) is 2.88. The van der Waals surface area contributed by atoms with Crippen molar-refractivity contribution in [1.29, 1.82) is 0 Å². The molecule has 0 unspecified atom stereocenters. The van der Waals surface area contributed by atoms with Gasteiger partial charge in [0.05, 0.1) is 33.6 Å². The molecular weight excluding hydrogens is 436 g/mol. The second-order valence-electron chi connectivity index (χ2n) is 7.22. The zero-order valence-corrected chi connectivity index (χ0v) is 20.3. The van der Waals surface area contributed by atoms with Crippen molar-refractivity contribution in [3.05, 3.63) is 77.9 Å². The van der Waals surface area contributed by atoms with Crippen molar-refractivity contribution < 1.29 is 18.9 Å². The smallest absolute Gasteiger partial charge is 0.174 e. The second kappa shape index (κ2) is 12.0. The van der Waals surface area contributed by atoms with Gasteiger partial charge in [-0.05, 0) is 55.0 Å². The number of nitrogens with one attached hydrogen (secondary N) is 1. The Balaban J connectivity index is 1.90. The molecule has 6 nitrogen and oxygen atoms in total. The highest BCUT2D eigenvalue weighted by molar-refractivity contribution is 7.80. The van der Waals surface area contributed by atoms with Gasteiger partial charge in [0.25, 0.3) is 0 Å². The van der Waals surface area contributed by atoms with Gasteiger partial charge in [-0.25, -0.2) is 0 Å². The van der Waals surface area contributed by atoms with Crippen molar-refractivity contribution in [3.8, 4) is 23.0 Å². The first-order chi connectivity index (χ1) is 16.1. The third kappa shape index (κ3) is 6.29. The van der Waals surface area contributed by atoms with Crippen LogP contribution in [0.15, 0.2) is 66.7 Å². The number of ether oxygens (including phenoxy) is 4. The maximum Gasteiger partial charge on any atom is 0.174 e. The number of hydrogen-bond donors (Lipinski definition) is 1. The molecule has 1 N–H and O–H groups in total. The van der Waals surface area contributed by atoms with Crippen LogP contribution in [-0.2, 0) is 13.1 Å². The van der Waals surface area contributed by atoms with E-state index in [-0.39, 0.29) is 0 Å². The summed E-state index contributed by atoms with van der Waals surface area (Å²) < 4.78 is 22.2. The van der Waals surface area contributed by atoms with Crippen LogP contribution < -0.4 is 24.3 Å². The van der Waals surface area contributed by atoms with Crippen molar-refractivity contribution in [1.82, 2.24) is 4.90 Å². The number of thiocarbonyl (C=S) groups is 1. The fourth-order valence-electron chi connectivity index (χ4n) is 3.48. The average Bonchev–Trinajstić information content (AvgIpc) is 2.85. The Hall–Kier alpha value is -3.45. The zero-order valence-electron chi connectivity index (χ0n) is 19.5. The summed E-state index contributed by atoms with van der Waals surface area (Å²) in [6, 6.07) is 21.6. The topological polar surface area (TPSA) is 52.2 Å². The highest BCUT2D eigenvalue weighted by Crippen LogP contribution is 2.32. The number of anilines is 1. The predicted octanol–water partition coefficient (Wildman–Crippen LogP) is 5.51. The third-order valence-corrected chi connectivity index (χ3v) is 5.45. The predicted molar refractivity (Wildman–Crippen MR) is 136 cm³/mol. The lowest BCUT2D eigenvalue weighted by atomic mass is 10.1. The summed E-state index contributed by atoms with van der Waals surface area (Å²) in [6.45, 7) is 3.64. The molecule has 0 amide bonds. The van der Waals surface area contributed by atoms with Gasteiger partial charge in [0.2, 0.25) is 0 Å². The van der Waals surface area contributed by atoms with Gasteiger partial charge in [-0.2, -0.15) is 0 Å². The summed E-state index contributed by atoms with van der Waals surface area (Å²) in [7, 11) is 4.93. The van der Waals surface area contributed by atoms with E-state index in [1.54, 1.807) is 21.3 Å². The first kappa shape index (κ1) is 24.2. The number of methoxy groups -OCH3 is 3. The second-order valence-corrected chi connectivity index (χ2v) is 7.60. The summed E-state index contributed by atoms with van der Waals surface area (Å²) in [5, 5.41) is 3.93. The molecule has 33 heavy (non-hydrogen) atoms. The van der Waals surface area contributed by atoms with Crippen LogP contribution >= 0.6 is 12.2 Å². The molecule has 0 aromatic heterocycles. The normalized spacial score (nSPS) is 10.3. The molecule has 0 aliphatic carbocycles. The molecule has 0 atom stereocenters. The molecule has 0 radical (unpaired) electrons. The van der Waals surface area contributed by atoms with E-state index in [4.69, 9.17) is 31.2 Å². The molecule has 174 valence electrons. The van der Waals surface area contributed by atoms with E-state index in [0.29, 0.717) is 36.3 Å². The molecule has 0 spiro atoms. The van der Waals surface area contributed by atoms with Crippen LogP contribution in [0.4, 0.5) is 5.69 Å². The lowest BCUT2D eigenvalue weighted by Crippen LogP contribution is -2.34. The molecular formula is C26H30N2O4S. The molecule has 0 heterocycles. The van der Waals surface area contributed by atoms with E-state index in [1.165, 1.54) is 0 Å². The Morgan fingerprint density at radius 1 is 0.818 bits per heavy atom. The summed E-state index contributed by atoms with van der Waals surface area (Å²) in [5.74, 6) is 2.94. The highest BCUT2D eigenvalue weighted by atomic mass is 32.1. The molecule has 0 saturated heterocycles. The maximum atomic E-state index is 5.85. The van der Waals surface area contributed by atoms with E-state index >= 15 is 0 Å². The lowest BCUT2D eigenvalue weighted by molar-refractivity contribution is 0.339. The van der Waals surface area contributed by atoms with Gasteiger partial charge < -0.3 is 29.2 Å². The summed E-state index contributed by atoms with van der Waals surface area (Å²) >= 11 is 5.85. The van der Waals surface area contributed by atoms with Crippen LogP contribution in [0.5, 0.6) is 23.0 Å². The van der Waals surface area contributed by atoms with E-state index in [1.807, 2.05) is 73.7 Å². The fraction of sp³-hybridized carbons (Fsp3) is 0.269. The molecule has 3 rings (SSSR count). The number of para-hydroxylation sites is 3. The van der Waals surface area contributed by atoms with Crippen molar-refractivity contribution >= 4 is 23.0 Å². The number of hydrogen-bond acceptors (Lipinski definition) is 5. The lowest BCUT2D eigenvalue weighted by Gasteiger charge is -2.28. The van der Waals surface area contributed by atoms with Crippen LogP contribution in [0.2, 0.25) is 0 Å². The average molecular weight is 467 g/mol. The monoisotopic (exact) mass is 466 g/mol. The Labute approximate surface area is 201 Å². The van der Waals surface area contributed by atoms with Gasteiger partial charge in [-0.1, -0.05) is 36.4 Å². The van der Waals surface area contributed by atoms with Gasteiger partial charge in [0.1, 0.15) is 11.5 Å². The number of rotatable bonds is 10. The molecule has 0 saturated carbocycles. The van der Waals surface area contributed by atoms with E-state index in [2.05, 4.69) is 10.2 Å². The van der Waals surface area contributed by atoms with Crippen LogP contribution in [0.3, 0.4) is 0 Å². The summed E-state index contributed by atoms with van der Waals surface area (Å²) in [6.07, 6.45) is 0. The minimum Gasteiger partial charge on any atom is -0.497 e. The van der Waals surface area contributed by atoms with Gasteiger partial charge in [-0.3, -0.25) is 0 Å². The van der Waals surface area contributed by atoms with E-state index in [9.17, 15) is 0 Å². The third-order valence-electron chi connectivity index (χ3n) is 5.09. The Morgan fingerprint density at radius 2 is 1.55 bits per heavy atom. The standard InChI is InChI=1S/C26H30N2O4S/c1-5-32-23-11-7-6-10-22(23)27-26(33)28(17-19-13-15-21(29-2)16-14-19)18-20-9-8-12-24(30-3)25(20)31-4/h6-16H,5,17-18H2,1-4H3,(H,27,33). The quantitative estimate of drug-likeness (QED) is 0.395. The van der Waals surface area contributed by atoms with Crippen LogP contribution in [0.25, 0.3) is 0 Å². The molecule has 0 bridgehead atoms. The first-order valence-corrected chi connectivity index (χ1v) is 11.1. The van der Waals surface area contributed by atoms with Gasteiger partial charge in [0, 0.05) is 18.7 Å². The highest BCUT2D eigenvalue weighted by Gasteiger charge is 2.18. The van der Waals surface area contributed by atoms with Crippen molar-refractivity contribution in [2.75, 3.05) is 33.3 Å². The molecule has 3 aromatic rings. The van der Waals surface area contributed by atoms with Crippen molar-refractivity contribution in [3.63, 3.8) is 0 Å². The Bertz CT molecular complexity index is 1060. The van der Waals surface area contributed by atoms with Crippen molar-refractivity contribution in [2.24, 2.45) is 0 Å². The van der Waals surface area contributed by atoms with Gasteiger partial charge in [0.15, 0.2) is 16.6 Å². The van der Waals surface area contributed by atoms with Gasteiger partial charge >= 0.3 is 0 Å². The fourth-order valence-corrected chi connectivity index (χ4v) is 3.72. The van der Waals surface area contributed by atoms with Crippen LogP contribution in [-0.4, -0.2) is 37.9 Å². The van der Waals surface area contributed by atoms with E-state index in [0.717, 1.165) is 28.3 Å². The summed E-state index contributed by atoms with van der Waals surface area (Å²) in [4.78, 5) is 2.08. The van der Waals surface area contributed by atoms with Gasteiger partial charge in [-0.15, -0.1) is 0 Å². The van der Waals surface area contributed by atoms with Crippen LogP contribution in [0.1, 0.15) is 18.1 Å². The molecule has 0 fully saturated rings. The van der Waals surface area contributed by atoms with E-state index < -0.39 is 0 Å². The first-order valence-electron chi connectivity index (χ1n) is 10.7. The SMILES string of the molecule is CCOc1ccccc1NC(=S)N(Cc1ccc(OC)cc1)Cc1cccc(OC)c1OC. The molecule has 3 aromatic carbocycles. The molecule has 7 heteroatoms. The maximum absolute atomic E-state index is 5.85. The largest absolute Gasteiger partial charge is 0.497 e. The van der Waals surface area contributed by atoms with Crippen molar-refractivity contribution in [2.45, 2.75) is 20.0 Å². The minimum atomic E-state index is 0.523.